The standard InChI is InChI=1S/C26H19N3O3.C2H6/c1-28-24-21(25(31)29(2)26(28)32)19(16-13-7-9-14-8-3-4-10-15(14)16)20-22(27-24)17-11-5-6-12-18(17)23(20)30;1-2/h3-13,19,27H,1-2H3;1-2H3. The lowest BCUT2D eigenvalue weighted by molar-refractivity contribution is 0.103. The molecular formula is C28H25N3O3. The number of benzene rings is 3. The number of nitrogens with zero attached hydrogens (tertiary/aromatic N) is 2. The second-order valence-electron chi connectivity index (χ2n) is 8.26. The van der Waals surface area contributed by atoms with Gasteiger partial charge in [0, 0.05) is 36.7 Å². The average Bonchev–Trinajstić information content (AvgIpc) is 3.17. The first kappa shape index (κ1) is 21.6. The number of rotatable bonds is 1. The molecular weight excluding hydrogens is 426 g/mol. The van der Waals surface area contributed by atoms with Crippen molar-refractivity contribution in [2.75, 3.05) is 5.32 Å². The van der Waals surface area contributed by atoms with Crippen LogP contribution in [-0.2, 0) is 14.1 Å². The molecule has 6 rings (SSSR count). The fourth-order valence-electron chi connectivity index (χ4n) is 5.07. The van der Waals surface area contributed by atoms with Crippen LogP contribution >= 0.6 is 0 Å². The van der Waals surface area contributed by atoms with Gasteiger partial charge in [-0.25, -0.2) is 4.79 Å². The van der Waals surface area contributed by atoms with Crippen LogP contribution in [0.1, 0.15) is 46.8 Å². The van der Waals surface area contributed by atoms with Crippen LogP contribution in [0.2, 0.25) is 0 Å². The van der Waals surface area contributed by atoms with Gasteiger partial charge in [-0.15, -0.1) is 0 Å². The van der Waals surface area contributed by atoms with Crippen molar-refractivity contribution in [3.05, 3.63) is 115 Å². The summed E-state index contributed by atoms with van der Waals surface area (Å²) in [7, 11) is 3.11. The SMILES string of the molecule is CC.Cn1c2c(c(=O)n(C)c1=O)C(c1cccc3ccccc13)C1=C(N2)c2ccccc2C1=O. The van der Waals surface area contributed by atoms with E-state index in [1.165, 1.54) is 11.6 Å². The van der Waals surface area contributed by atoms with Gasteiger partial charge in [0.15, 0.2) is 5.78 Å². The van der Waals surface area contributed by atoms with E-state index in [9.17, 15) is 14.4 Å². The van der Waals surface area contributed by atoms with Crippen molar-refractivity contribution >= 4 is 28.1 Å². The van der Waals surface area contributed by atoms with E-state index in [1.807, 2.05) is 74.5 Å². The third-order valence-electron chi connectivity index (χ3n) is 6.61. The molecule has 1 aliphatic heterocycles. The highest BCUT2D eigenvalue weighted by Crippen LogP contribution is 2.48. The minimum atomic E-state index is -0.599. The number of carbonyl (C=O) groups is 1. The van der Waals surface area contributed by atoms with Gasteiger partial charge in [0.2, 0.25) is 0 Å². The quantitative estimate of drug-likeness (QED) is 0.465. The first-order chi connectivity index (χ1) is 16.5. The van der Waals surface area contributed by atoms with Crippen LogP contribution in [0.5, 0.6) is 0 Å². The van der Waals surface area contributed by atoms with Gasteiger partial charge in [-0.1, -0.05) is 80.6 Å². The van der Waals surface area contributed by atoms with Crippen molar-refractivity contribution in [2.45, 2.75) is 19.8 Å². The summed E-state index contributed by atoms with van der Waals surface area (Å²) in [4.78, 5) is 39.8. The van der Waals surface area contributed by atoms with Gasteiger partial charge in [-0.2, -0.15) is 0 Å². The third-order valence-corrected chi connectivity index (χ3v) is 6.61. The van der Waals surface area contributed by atoms with E-state index in [0.29, 0.717) is 28.2 Å². The first-order valence-electron chi connectivity index (χ1n) is 11.4. The summed E-state index contributed by atoms with van der Waals surface area (Å²) in [6.07, 6.45) is 0. The predicted molar refractivity (Wildman–Crippen MR) is 135 cm³/mol. The van der Waals surface area contributed by atoms with Crippen molar-refractivity contribution in [1.29, 1.82) is 0 Å². The molecule has 0 saturated carbocycles. The number of allylic oxidation sites excluding steroid dienone is 1. The van der Waals surface area contributed by atoms with Crippen LogP contribution in [0.25, 0.3) is 16.5 Å². The van der Waals surface area contributed by atoms with E-state index in [2.05, 4.69) is 5.32 Å². The zero-order chi connectivity index (χ0) is 24.1. The molecule has 34 heavy (non-hydrogen) atoms. The molecule has 0 radical (unpaired) electrons. The zero-order valence-corrected chi connectivity index (χ0v) is 19.5. The van der Waals surface area contributed by atoms with E-state index < -0.39 is 17.2 Å². The lowest BCUT2D eigenvalue weighted by Crippen LogP contribution is -2.42. The summed E-state index contributed by atoms with van der Waals surface area (Å²) in [6.45, 7) is 4.00. The molecule has 0 fully saturated rings. The molecule has 2 aliphatic rings. The smallest absolute Gasteiger partial charge is 0.332 e. The number of hydrogen-bond donors (Lipinski definition) is 1. The van der Waals surface area contributed by atoms with Crippen molar-refractivity contribution in [3.63, 3.8) is 0 Å². The number of Topliss-reactive ketones (excluding diaryl/α,β-unsaturated/α-hetero) is 1. The maximum atomic E-state index is 13.6. The summed E-state index contributed by atoms with van der Waals surface area (Å²) in [6, 6.07) is 21.3. The second-order valence-corrected chi connectivity index (χ2v) is 8.26. The fraction of sp³-hybridized carbons (Fsp3) is 0.179. The van der Waals surface area contributed by atoms with E-state index in [4.69, 9.17) is 0 Å². The van der Waals surface area contributed by atoms with Crippen molar-refractivity contribution in [3.8, 4) is 0 Å². The molecule has 3 aromatic carbocycles. The highest BCUT2D eigenvalue weighted by molar-refractivity contribution is 6.24. The van der Waals surface area contributed by atoms with Crippen LogP contribution in [0, 0.1) is 0 Å². The number of fused-ring (bicyclic) bond motifs is 4. The summed E-state index contributed by atoms with van der Waals surface area (Å²) < 4.78 is 2.56. The Labute approximate surface area is 196 Å². The van der Waals surface area contributed by atoms with Gasteiger partial charge in [-0.3, -0.25) is 18.7 Å². The largest absolute Gasteiger partial charge is 0.340 e. The monoisotopic (exact) mass is 451 g/mol. The summed E-state index contributed by atoms with van der Waals surface area (Å²) >= 11 is 0. The Morgan fingerprint density at radius 1 is 0.765 bits per heavy atom. The minimum absolute atomic E-state index is 0.0948. The number of carbonyl (C=O) groups excluding carboxylic acids is 1. The Morgan fingerprint density at radius 3 is 2.18 bits per heavy atom. The molecule has 0 amide bonds. The van der Waals surface area contributed by atoms with Crippen molar-refractivity contribution < 1.29 is 4.79 Å². The summed E-state index contributed by atoms with van der Waals surface area (Å²) in [5.41, 5.74) is 3.07. The normalized spacial score (nSPS) is 15.8. The molecule has 170 valence electrons. The van der Waals surface area contributed by atoms with Crippen LogP contribution in [0.15, 0.2) is 81.9 Å². The number of hydrogen-bond acceptors (Lipinski definition) is 4. The van der Waals surface area contributed by atoms with Crippen molar-refractivity contribution in [2.24, 2.45) is 14.1 Å². The molecule has 1 atom stereocenters. The second kappa shape index (κ2) is 7.99. The first-order valence-corrected chi connectivity index (χ1v) is 11.4. The Balaban J connectivity index is 0.00000117. The fourth-order valence-corrected chi connectivity index (χ4v) is 5.07. The van der Waals surface area contributed by atoms with Gasteiger partial charge in [-0.05, 0) is 16.3 Å². The predicted octanol–water partition coefficient (Wildman–Crippen LogP) is 4.43. The zero-order valence-electron chi connectivity index (χ0n) is 19.5. The maximum absolute atomic E-state index is 13.6. The Morgan fingerprint density at radius 2 is 1.41 bits per heavy atom. The molecule has 1 unspecified atom stereocenters. The van der Waals surface area contributed by atoms with Crippen LogP contribution < -0.4 is 16.6 Å². The molecule has 1 N–H and O–H groups in total. The molecule has 4 aromatic rings. The number of nitrogens with one attached hydrogen (secondary N) is 1. The minimum Gasteiger partial charge on any atom is -0.340 e. The summed E-state index contributed by atoms with van der Waals surface area (Å²) in [5, 5.41) is 5.28. The van der Waals surface area contributed by atoms with Gasteiger partial charge >= 0.3 is 5.69 Å². The topological polar surface area (TPSA) is 73.1 Å². The Kier molecular flexibility index (Phi) is 5.09. The third kappa shape index (κ3) is 2.85. The summed E-state index contributed by atoms with van der Waals surface area (Å²) in [5.74, 6) is -0.264. The molecule has 6 heteroatoms. The van der Waals surface area contributed by atoms with Crippen LogP contribution in [0.4, 0.5) is 5.82 Å². The molecule has 0 spiro atoms. The van der Waals surface area contributed by atoms with E-state index in [1.54, 1.807) is 13.1 Å². The van der Waals surface area contributed by atoms with Crippen LogP contribution in [-0.4, -0.2) is 14.9 Å². The van der Waals surface area contributed by atoms with Gasteiger partial charge in [0.1, 0.15) is 5.82 Å². The Bertz CT molecular complexity index is 1630. The van der Waals surface area contributed by atoms with E-state index in [-0.39, 0.29) is 5.78 Å². The van der Waals surface area contributed by atoms with Gasteiger partial charge < -0.3 is 5.32 Å². The number of anilines is 1. The lowest BCUT2D eigenvalue weighted by atomic mass is 9.79. The highest BCUT2D eigenvalue weighted by atomic mass is 16.2. The van der Waals surface area contributed by atoms with E-state index >= 15 is 0 Å². The molecule has 1 aliphatic carbocycles. The van der Waals surface area contributed by atoms with E-state index in [0.717, 1.165) is 26.5 Å². The number of ketones is 1. The average molecular weight is 452 g/mol. The molecule has 2 heterocycles. The Hall–Kier alpha value is -4.19. The molecule has 6 nitrogen and oxygen atoms in total. The lowest BCUT2D eigenvalue weighted by Gasteiger charge is -2.30. The number of aromatic nitrogens is 2. The molecule has 0 saturated heterocycles. The highest BCUT2D eigenvalue weighted by Gasteiger charge is 2.43. The molecule has 0 bridgehead atoms. The van der Waals surface area contributed by atoms with Crippen molar-refractivity contribution in [1.82, 2.24) is 9.13 Å². The van der Waals surface area contributed by atoms with Gasteiger partial charge in [0.05, 0.1) is 11.3 Å². The van der Waals surface area contributed by atoms with Gasteiger partial charge in [0.25, 0.3) is 5.56 Å². The van der Waals surface area contributed by atoms with Crippen LogP contribution in [0.3, 0.4) is 0 Å². The maximum Gasteiger partial charge on any atom is 0.332 e. The molecule has 1 aromatic heterocycles.